The van der Waals surface area contributed by atoms with Gasteiger partial charge in [-0.25, -0.2) is 8.37 Å². The minimum atomic E-state index is -2.33. The number of hydrogen-bond donors (Lipinski definition) is 2. The third-order valence-corrected chi connectivity index (χ3v) is 3.41. The summed E-state index contributed by atoms with van der Waals surface area (Å²) < 4.78 is 54.6. The molecule has 2 rings (SSSR count). The van der Waals surface area contributed by atoms with Gasteiger partial charge in [0.25, 0.3) is 6.73 Å². The van der Waals surface area contributed by atoms with E-state index < -0.39 is 22.7 Å². The van der Waals surface area contributed by atoms with Crippen molar-refractivity contribution in [2.24, 2.45) is 0 Å². The first kappa shape index (κ1) is 16.3. The second-order valence-electron chi connectivity index (χ2n) is 4.07. The van der Waals surface area contributed by atoms with Crippen molar-refractivity contribution in [2.45, 2.75) is 6.42 Å². The SMILES string of the molecule is O=S(O)OCN1C=CC/C1=C/C1=[N+](COS(=O)O)CCO1. The molecule has 0 amide bonds. The Morgan fingerprint density at radius 2 is 2.14 bits per heavy atom. The summed E-state index contributed by atoms with van der Waals surface area (Å²) in [7, 11) is 0. The molecule has 0 radical (unpaired) electrons. The topological polar surface area (TPSA) is 109 Å². The predicted octanol–water partition coefficient (Wildman–Crippen LogP) is -0.247. The van der Waals surface area contributed by atoms with Gasteiger partial charge in [0.15, 0.2) is 13.2 Å². The molecule has 2 N–H and O–H groups in total. The summed E-state index contributed by atoms with van der Waals surface area (Å²) in [6.07, 6.45) is 5.96. The average Bonchev–Trinajstić information content (AvgIpc) is 3.04. The first-order chi connectivity index (χ1) is 10.1. The molecule has 0 aromatic carbocycles. The van der Waals surface area contributed by atoms with E-state index in [9.17, 15) is 8.42 Å². The van der Waals surface area contributed by atoms with Crippen molar-refractivity contribution < 1.29 is 35.2 Å². The summed E-state index contributed by atoms with van der Waals surface area (Å²) >= 11 is -4.66. The van der Waals surface area contributed by atoms with E-state index in [1.165, 1.54) is 0 Å². The van der Waals surface area contributed by atoms with Crippen LogP contribution in [0.25, 0.3) is 0 Å². The summed E-state index contributed by atoms with van der Waals surface area (Å²) in [6, 6.07) is 0. The normalized spacial score (nSPS) is 23.0. The van der Waals surface area contributed by atoms with E-state index in [4.69, 9.17) is 13.8 Å². The molecule has 0 aromatic heterocycles. The number of nitrogens with zero attached hydrogens (tertiary/aromatic N) is 2. The zero-order chi connectivity index (χ0) is 15.2. The molecule has 2 aliphatic rings. The maximum Gasteiger partial charge on any atom is 0.366 e. The van der Waals surface area contributed by atoms with Crippen molar-refractivity contribution in [2.75, 3.05) is 26.6 Å². The smallest absolute Gasteiger partial charge is 0.366 e. The molecule has 2 unspecified atom stereocenters. The van der Waals surface area contributed by atoms with Crippen LogP contribution < -0.4 is 0 Å². The molecule has 0 saturated heterocycles. The second kappa shape index (κ2) is 7.77. The Hall–Kier alpha value is -1.11. The first-order valence-corrected chi connectivity index (χ1v) is 7.99. The van der Waals surface area contributed by atoms with Crippen LogP contribution in [0.2, 0.25) is 0 Å². The van der Waals surface area contributed by atoms with Gasteiger partial charge in [-0.1, -0.05) is 6.08 Å². The quantitative estimate of drug-likeness (QED) is 0.483. The second-order valence-corrected chi connectivity index (χ2v) is 5.41. The Balaban J connectivity index is 2.04. The fourth-order valence-corrected chi connectivity index (χ4v) is 2.28. The Morgan fingerprint density at radius 1 is 1.38 bits per heavy atom. The lowest BCUT2D eigenvalue weighted by atomic mass is 10.3. The van der Waals surface area contributed by atoms with E-state index in [2.05, 4.69) is 8.37 Å². The summed E-state index contributed by atoms with van der Waals surface area (Å²) in [5.41, 5.74) is 0.812. The highest BCUT2D eigenvalue weighted by atomic mass is 32.2. The minimum absolute atomic E-state index is 0.0596. The lowest BCUT2D eigenvalue weighted by molar-refractivity contribution is -0.548. The van der Waals surface area contributed by atoms with Crippen molar-refractivity contribution in [1.29, 1.82) is 0 Å². The van der Waals surface area contributed by atoms with Crippen LogP contribution in [-0.2, 0) is 35.8 Å². The van der Waals surface area contributed by atoms with E-state index in [0.717, 1.165) is 5.70 Å². The van der Waals surface area contributed by atoms with Gasteiger partial charge in [-0.05, 0) is 0 Å². The molecule has 2 atom stereocenters. The number of hydrogen-bond acceptors (Lipinski definition) is 6. The Labute approximate surface area is 126 Å². The highest BCUT2D eigenvalue weighted by Crippen LogP contribution is 2.19. The largest absolute Gasteiger partial charge is 0.438 e. The van der Waals surface area contributed by atoms with Gasteiger partial charge in [0.2, 0.25) is 0 Å². The molecule has 0 spiro atoms. The van der Waals surface area contributed by atoms with E-state index in [1.807, 2.05) is 6.08 Å². The van der Waals surface area contributed by atoms with Crippen molar-refractivity contribution >= 4 is 28.6 Å². The van der Waals surface area contributed by atoms with Crippen LogP contribution in [0.1, 0.15) is 6.42 Å². The van der Waals surface area contributed by atoms with E-state index in [1.54, 1.807) is 21.8 Å². The van der Waals surface area contributed by atoms with E-state index in [-0.39, 0.29) is 13.5 Å². The molecule has 2 aliphatic heterocycles. The molecule has 2 heterocycles. The first-order valence-electron chi connectivity index (χ1n) is 5.93. The summed E-state index contributed by atoms with van der Waals surface area (Å²) in [5, 5.41) is 0. The van der Waals surface area contributed by atoms with Crippen molar-refractivity contribution in [3.8, 4) is 0 Å². The summed E-state index contributed by atoms with van der Waals surface area (Å²) in [4.78, 5) is 1.66. The average molecular weight is 339 g/mol. The molecule has 118 valence electrons. The Kier molecular flexibility index (Phi) is 6.02. The standard InChI is InChI=1S/C10H14N2O7S2/c13-20(14)18-7-11-3-1-2-9(11)6-10-12(4-5-17-10)8-19-21(15)16/h1,3,6H,2,4-5,7-8H2,(H-,13,14,15,16)/p+1. The minimum Gasteiger partial charge on any atom is -0.438 e. The van der Waals surface area contributed by atoms with E-state index >= 15 is 0 Å². The molecule has 9 nitrogen and oxygen atoms in total. The van der Waals surface area contributed by atoms with Gasteiger partial charge in [-0.3, -0.25) is 9.11 Å². The molecule has 0 fully saturated rings. The summed E-state index contributed by atoms with van der Waals surface area (Å²) in [5.74, 6) is 0.509. The van der Waals surface area contributed by atoms with Gasteiger partial charge in [0, 0.05) is 18.3 Å². The highest BCUT2D eigenvalue weighted by Gasteiger charge is 2.25. The number of allylic oxidation sites excluding steroid dienone is 1. The number of ether oxygens (including phenoxy) is 1. The Bertz CT molecular complexity index is 531. The van der Waals surface area contributed by atoms with Gasteiger partial charge in [0.1, 0.15) is 6.73 Å². The van der Waals surface area contributed by atoms with Crippen molar-refractivity contribution in [3.63, 3.8) is 0 Å². The van der Waals surface area contributed by atoms with Gasteiger partial charge in [0.05, 0.1) is 6.08 Å². The van der Waals surface area contributed by atoms with Crippen LogP contribution in [0.15, 0.2) is 24.0 Å². The highest BCUT2D eigenvalue weighted by molar-refractivity contribution is 7.74. The van der Waals surface area contributed by atoms with Gasteiger partial charge < -0.3 is 9.64 Å². The van der Waals surface area contributed by atoms with Crippen molar-refractivity contribution in [1.82, 2.24) is 4.90 Å². The molecule has 0 saturated carbocycles. The molecule has 0 aliphatic carbocycles. The Morgan fingerprint density at radius 3 is 2.86 bits per heavy atom. The maximum atomic E-state index is 10.5. The van der Waals surface area contributed by atoms with Crippen molar-refractivity contribution in [3.05, 3.63) is 24.0 Å². The summed E-state index contributed by atoms with van der Waals surface area (Å²) in [6.45, 7) is 0.870. The van der Waals surface area contributed by atoms with Gasteiger partial charge in [-0.2, -0.15) is 13.0 Å². The zero-order valence-corrected chi connectivity index (χ0v) is 12.5. The van der Waals surface area contributed by atoms with Gasteiger partial charge in [-0.15, -0.1) is 0 Å². The third-order valence-electron chi connectivity index (χ3n) is 2.80. The molecular formula is C10H15N2O7S2+. The van der Waals surface area contributed by atoms with Crippen LogP contribution in [-0.4, -0.2) is 59.5 Å². The van der Waals surface area contributed by atoms with Gasteiger partial charge >= 0.3 is 28.6 Å². The monoisotopic (exact) mass is 339 g/mol. The third kappa shape index (κ3) is 4.98. The molecule has 0 aromatic rings. The predicted molar refractivity (Wildman–Crippen MR) is 73.2 cm³/mol. The van der Waals surface area contributed by atoms with Crippen LogP contribution in [0, 0.1) is 0 Å². The fraction of sp³-hybridized carbons (Fsp3) is 0.500. The lowest BCUT2D eigenvalue weighted by Crippen LogP contribution is -2.22. The maximum absolute atomic E-state index is 10.5. The van der Waals surface area contributed by atoms with Crippen LogP contribution in [0.5, 0.6) is 0 Å². The van der Waals surface area contributed by atoms with E-state index in [0.29, 0.717) is 25.5 Å². The lowest BCUT2D eigenvalue weighted by Gasteiger charge is -2.16. The molecular weight excluding hydrogens is 324 g/mol. The van der Waals surface area contributed by atoms with Crippen LogP contribution >= 0.6 is 0 Å². The van der Waals surface area contributed by atoms with Crippen LogP contribution in [0.3, 0.4) is 0 Å². The number of rotatable bonds is 7. The molecule has 21 heavy (non-hydrogen) atoms. The molecule has 11 heteroatoms. The molecule has 0 bridgehead atoms. The fourth-order valence-electron chi connectivity index (χ4n) is 1.86. The van der Waals surface area contributed by atoms with Crippen LogP contribution in [0.4, 0.5) is 0 Å². The zero-order valence-electron chi connectivity index (χ0n) is 10.9.